The van der Waals surface area contributed by atoms with E-state index >= 15 is 0 Å². The summed E-state index contributed by atoms with van der Waals surface area (Å²) in [4.78, 5) is 16.9. The summed E-state index contributed by atoms with van der Waals surface area (Å²) in [5.74, 6) is -0.376. The fourth-order valence-electron chi connectivity index (χ4n) is 2.82. The fourth-order valence-corrected chi connectivity index (χ4v) is 5.00. The normalized spacial score (nSPS) is 11.3. The lowest BCUT2D eigenvalue weighted by atomic mass is 10.2. The molecule has 0 atom stereocenters. The molecule has 0 aliphatic carbocycles. The number of sulfonamides is 1. The summed E-state index contributed by atoms with van der Waals surface area (Å²) in [5, 5.41) is 3.17. The number of aromatic nitrogens is 1. The van der Waals surface area contributed by atoms with Crippen LogP contribution in [0, 0.1) is 5.82 Å². The predicted octanol–water partition coefficient (Wildman–Crippen LogP) is 5.15. The maximum absolute atomic E-state index is 13.1. The molecule has 2 N–H and O–H groups in total. The second-order valence-electron chi connectivity index (χ2n) is 6.56. The van der Waals surface area contributed by atoms with Crippen molar-refractivity contribution in [2.24, 2.45) is 0 Å². The number of hydrogen-bond acceptors (Lipinski definition) is 6. The highest BCUT2D eigenvalue weighted by molar-refractivity contribution is 7.92. The molecule has 0 aliphatic heterocycles. The van der Waals surface area contributed by atoms with E-state index in [0.29, 0.717) is 16.4 Å². The molecular weight excluding hydrogens is 477 g/mol. The third-order valence-corrected chi connectivity index (χ3v) is 7.06. The van der Waals surface area contributed by atoms with Gasteiger partial charge in [0.1, 0.15) is 11.6 Å². The lowest BCUT2D eigenvalue weighted by Gasteiger charge is -2.11. The number of carbonyl (C=O) groups is 1. The summed E-state index contributed by atoms with van der Waals surface area (Å²) >= 11 is 7.40. The molecule has 0 radical (unpaired) electrons. The van der Waals surface area contributed by atoms with E-state index in [2.05, 4.69) is 15.0 Å². The summed E-state index contributed by atoms with van der Waals surface area (Å²) in [7, 11) is -2.47. The van der Waals surface area contributed by atoms with Gasteiger partial charge in [-0.05, 0) is 60.7 Å². The molecule has 4 rings (SSSR count). The monoisotopic (exact) mass is 491 g/mol. The number of amides is 1. The average Bonchev–Trinajstić information content (AvgIpc) is 3.16. The molecule has 1 amide bonds. The maximum Gasteiger partial charge on any atom is 0.261 e. The number of nitrogens with one attached hydrogen (secondary N) is 2. The van der Waals surface area contributed by atoms with Crippen LogP contribution in [0.1, 0.15) is 10.4 Å². The third-order valence-electron chi connectivity index (χ3n) is 4.41. The van der Waals surface area contributed by atoms with E-state index in [4.69, 9.17) is 16.3 Å². The zero-order valence-corrected chi connectivity index (χ0v) is 18.8. The topological polar surface area (TPSA) is 97.4 Å². The summed E-state index contributed by atoms with van der Waals surface area (Å²) in [6, 6.07) is 13.9. The van der Waals surface area contributed by atoms with Crippen LogP contribution in [0.4, 0.5) is 15.2 Å². The summed E-state index contributed by atoms with van der Waals surface area (Å²) in [6.45, 7) is 0. The van der Waals surface area contributed by atoms with Crippen LogP contribution in [0.25, 0.3) is 10.2 Å². The van der Waals surface area contributed by atoms with Gasteiger partial charge in [-0.15, -0.1) is 0 Å². The van der Waals surface area contributed by atoms with E-state index in [1.54, 1.807) is 19.2 Å². The van der Waals surface area contributed by atoms with Crippen LogP contribution in [0.2, 0.25) is 5.02 Å². The summed E-state index contributed by atoms with van der Waals surface area (Å²) in [6.07, 6.45) is 0. The molecule has 0 unspecified atom stereocenters. The molecule has 7 nitrogen and oxygen atoms in total. The Bertz CT molecular complexity index is 1420. The highest BCUT2D eigenvalue weighted by Crippen LogP contribution is 2.30. The number of anilines is 2. The maximum atomic E-state index is 13.1. The average molecular weight is 492 g/mol. The molecule has 0 aliphatic rings. The lowest BCUT2D eigenvalue weighted by molar-refractivity contribution is 0.102. The molecular formula is C21H15ClFN3O4S2. The van der Waals surface area contributed by atoms with Crippen molar-refractivity contribution in [1.29, 1.82) is 0 Å². The Kier molecular flexibility index (Phi) is 6.00. The predicted molar refractivity (Wildman–Crippen MR) is 123 cm³/mol. The molecule has 0 saturated heterocycles. The Labute approximate surface area is 191 Å². The Balaban J connectivity index is 1.56. The molecule has 164 valence electrons. The van der Waals surface area contributed by atoms with Gasteiger partial charge in [0.2, 0.25) is 0 Å². The van der Waals surface area contributed by atoms with Crippen LogP contribution in [-0.2, 0) is 10.0 Å². The van der Waals surface area contributed by atoms with Gasteiger partial charge in [-0.3, -0.25) is 14.8 Å². The minimum atomic E-state index is -4.03. The van der Waals surface area contributed by atoms with Crippen molar-refractivity contribution in [3.8, 4) is 5.75 Å². The van der Waals surface area contributed by atoms with Crippen molar-refractivity contribution in [3.63, 3.8) is 0 Å². The number of methoxy groups -OCH3 is 1. The fraction of sp³-hybridized carbons (Fsp3) is 0.0476. The van der Waals surface area contributed by atoms with Gasteiger partial charge in [0.05, 0.1) is 32.9 Å². The smallest absolute Gasteiger partial charge is 0.261 e. The number of benzene rings is 3. The largest absolute Gasteiger partial charge is 0.497 e. The number of halogens is 2. The second kappa shape index (κ2) is 8.73. The summed E-state index contributed by atoms with van der Waals surface area (Å²) in [5.41, 5.74) is 0.885. The number of fused-ring (bicyclic) bond motifs is 1. The molecule has 32 heavy (non-hydrogen) atoms. The zero-order valence-electron chi connectivity index (χ0n) is 16.4. The SMILES string of the molecule is COc1ccc2nc(NC(=O)c3ccc(Cl)c(NS(=O)(=O)c4ccc(F)cc4)c3)sc2c1. The van der Waals surface area contributed by atoms with Crippen molar-refractivity contribution in [1.82, 2.24) is 4.98 Å². The van der Waals surface area contributed by atoms with Gasteiger partial charge in [-0.25, -0.2) is 17.8 Å². The first-order valence-electron chi connectivity index (χ1n) is 9.09. The number of nitrogens with zero attached hydrogens (tertiary/aromatic N) is 1. The van der Waals surface area contributed by atoms with Gasteiger partial charge < -0.3 is 4.74 Å². The summed E-state index contributed by atoms with van der Waals surface area (Å²) < 4.78 is 46.6. The van der Waals surface area contributed by atoms with Gasteiger partial charge in [-0.1, -0.05) is 22.9 Å². The second-order valence-corrected chi connectivity index (χ2v) is 9.68. The molecule has 0 saturated carbocycles. The number of thiazole rings is 1. The number of carbonyl (C=O) groups excluding carboxylic acids is 1. The Morgan fingerprint density at radius 2 is 1.84 bits per heavy atom. The number of hydrogen-bond donors (Lipinski definition) is 2. The van der Waals surface area contributed by atoms with Gasteiger partial charge in [0.25, 0.3) is 15.9 Å². The van der Waals surface area contributed by atoms with E-state index < -0.39 is 21.7 Å². The van der Waals surface area contributed by atoms with Crippen molar-refractivity contribution >= 4 is 59.9 Å². The molecule has 0 fully saturated rings. The molecule has 0 bridgehead atoms. The van der Waals surface area contributed by atoms with Crippen molar-refractivity contribution in [2.75, 3.05) is 17.1 Å². The first kappa shape index (κ1) is 22.0. The van der Waals surface area contributed by atoms with E-state index in [1.165, 1.54) is 29.5 Å². The van der Waals surface area contributed by atoms with E-state index in [1.807, 2.05) is 6.07 Å². The van der Waals surface area contributed by atoms with E-state index in [-0.39, 0.29) is 21.2 Å². The molecule has 1 aromatic heterocycles. The van der Waals surface area contributed by atoms with Crippen molar-refractivity contribution in [2.45, 2.75) is 4.90 Å². The first-order valence-corrected chi connectivity index (χ1v) is 11.8. The Morgan fingerprint density at radius 1 is 1.09 bits per heavy atom. The van der Waals surface area contributed by atoms with Crippen LogP contribution in [-0.4, -0.2) is 26.4 Å². The highest BCUT2D eigenvalue weighted by Gasteiger charge is 2.18. The van der Waals surface area contributed by atoms with Gasteiger partial charge in [0.15, 0.2) is 5.13 Å². The van der Waals surface area contributed by atoms with Crippen LogP contribution >= 0.6 is 22.9 Å². The van der Waals surface area contributed by atoms with Crippen LogP contribution in [0.5, 0.6) is 5.75 Å². The molecule has 4 aromatic rings. The van der Waals surface area contributed by atoms with Gasteiger partial charge in [0, 0.05) is 5.56 Å². The quantitative estimate of drug-likeness (QED) is 0.388. The lowest BCUT2D eigenvalue weighted by Crippen LogP contribution is -2.15. The number of ether oxygens (including phenoxy) is 1. The molecule has 11 heteroatoms. The van der Waals surface area contributed by atoms with Crippen LogP contribution in [0.15, 0.2) is 65.6 Å². The number of rotatable bonds is 6. The van der Waals surface area contributed by atoms with Crippen LogP contribution < -0.4 is 14.8 Å². The van der Waals surface area contributed by atoms with Gasteiger partial charge in [-0.2, -0.15) is 0 Å². The van der Waals surface area contributed by atoms with Crippen molar-refractivity contribution < 1.29 is 22.3 Å². The highest BCUT2D eigenvalue weighted by atomic mass is 35.5. The Morgan fingerprint density at radius 3 is 2.56 bits per heavy atom. The van der Waals surface area contributed by atoms with Crippen LogP contribution in [0.3, 0.4) is 0 Å². The minimum Gasteiger partial charge on any atom is -0.497 e. The van der Waals surface area contributed by atoms with Crippen molar-refractivity contribution in [3.05, 3.63) is 77.1 Å². The standard InChI is InChI=1S/C21H15ClFN3O4S2/c1-30-14-5-9-17-19(11-14)31-21(24-17)25-20(27)12-2-8-16(22)18(10-12)26-32(28,29)15-6-3-13(23)4-7-15/h2-11,26H,1H3,(H,24,25,27). The zero-order chi connectivity index (χ0) is 22.9. The molecule has 0 spiro atoms. The molecule has 3 aromatic carbocycles. The Hall–Kier alpha value is -3.21. The minimum absolute atomic E-state index is 0.0117. The van der Waals surface area contributed by atoms with Gasteiger partial charge >= 0.3 is 0 Å². The third kappa shape index (κ3) is 4.67. The first-order chi connectivity index (χ1) is 15.2. The van der Waals surface area contributed by atoms with E-state index in [0.717, 1.165) is 29.0 Å². The van der Waals surface area contributed by atoms with E-state index in [9.17, 15) is 17.6 Å². The molecule has 1 heterocycles.